The number of methoxy groups -OCH3 is 1. The van der Waals surface area contributed by atoms with Gasteiger partial charge in [-0.2, -0.15) is 0 Å². The summed E-state index contributed by atoms with van der Waals surface area (Å²) in [5.74, 6) is 1.36. The molecule has 2 aliphatic rings. The maximum Gasteiger partial charge on any atom is 0.318 e. The van der Waals surface area contributed by atoms with Crippen molar-refractivity contribution < 1.29 is 9.15 Å². The minimum absolute atomic E-state index is 0.667. The van der Waals surface area contributed by atoms with E-state index in [-0.39, 0.29) is 0 Å². The Bertz CT molecular complexity index is 397. The van der Waals surface area contributed by atoms with Gasteiger partial charge in [0.25, 0.3) is 0 Å². The molecule has 2 heterocycles. The maximum absolute atomic E-state index is 5.71. The van der Waals surface area contributed by atoms with Crippen molar-refractivity contribution in [3.05, 3.63) is 5.89 Å². The standard InChI is InChI=1S/C13H22N4O2/c1-18-9-10-4-6-17(7-5-10)13-16-15-12(19-13)8-14-11-2-3-11/h10-11,14H,2-9H2,1H3. The minimum Gasteiger partial charge on any atom is -0.407 e. The number of ether oxygens (including phenoxy) is 1. The fraction of sp³-hybridized carbons (Fsp3) is 0.846. The van der Waals surface area contributed by atoms with E-state index in [1.54, 1.807) is 7.11 Å². The van der Waals surface area contributed by atoms with Crippen molar-refractivity contribution in [1.82, 2.24) is 15.5 Å². The van der Waals surface area contributed by atoms with Crippen molar-refractivity contribution >= 4 is 6.01 Å². The van der Waals surface area contributed by atoms with E-state index in [9.17, 15) is 0 Å². The highest BCUT2D eigenvalue weighted by Gasteiger charge is 2.24. The molecular formula is C13H22N4O2. The van der Waals surface area contributed by atoms with Crippen molar-refractivity contribution in [2.45, 2.75) is 38.3 Å². The number of nitrogens with one attached hydrogen (secondary N) is 1. The molecule has 0 spiro atoms. The monoisotopic (exact) mass is 266 g/mol. The van der Waals surface area contributed by atoms with Crippen LogP contribution < -0.4 is 10.2 Å². The first kappa shape index (κ1) is 12.9. The fourth-order valence-corrected chi connectivity index (χ4v) is 2.49. The molecular weight excluding hydrogens is 244 g/mol. The van der Waals surface area contributed by atoms with Gasteiger partial charge in [0.1, 0.15) is 0 Å². The Morgan fingerprint density at radius 2 is 2.05 bits per heavy atom. The highest BCUT2D eigenvalue weighted by molar-refractivity contribution is 5.24. The number of nitrogens with zero attached hydrogens (tertiary/aromatic N) is 3. The summed E-state index contributed by atoms with van der Waals surface area (Å²) in [5.41, 5.74) is 0. The van der Waals surface area contributed by atoms with Crippen LogP contribution in [0, 0.1) is 5.92 Å². The Kier molecular flexibility index (Phi) is 3.98. The Balaban J connectivity index is 1.48. The summed E-state index contributed by atoms with van der Waals surface area (Å²) >= 11 is 0. The number of hydrogen-bond acceptors (Lipinski definition) is 6. The van der Waals surface area contributed by atoms with Gasteiger partial charge in [-0.05, 0) is 31.6 Å². The maximum atomic E-state index is 5.71. The third-order valence-corrected chi connectivity index (χ3v) is 3.86. The second kappa shape index (κ2) is 5.88. The first-order chi connectivity index (χ1) is 9.35. The lowest BCUT2D eigenvalue weighted by atomic mass is 9.98. The van der Waals surface area contributed by atoms with Gasteiger partial charge in [0, 0.05) is 32.8 Å². The zero-order chi connectivity index (χ0) is 13.1. The van der Waals surface area contributed by atoms with Crippen LogP contribution in [0.15, 0.2) is 4.42 Å². The van der Waals surface area contributed by atoms with Crippen molar-refractivity contribution in [2.24, 2.45) is 5.92 Å². The van der Waals surface area contributed by atoms with Crippen molar-refractivity contribution in [2.75, 3.05) is 31.7 Å². The SMILES string of the molecule is COCC1CCN(c2nnc(CNC3CC3)o2)CC1. The fourth-order valence-electron chi connectivity index (χ4n) is 2.49. The molecule has 19 heavy (non-hydrogen) atoms. The Hall–Kier alpha value is -1.14. The van der Waals surface area contributed by atoms with Crippen LogP contribution >= 0.6 is 0 Å². The average molecular weight is 266 g/mol. The molecule has 6 nitrogen and oxygen atoms in total. The van der Waals surface area contributed by atoms with Crippen molar-refractivity contribution in [1.29, 1.82) is 0 Å². The molecule has 6 heteroatoms. The summed E-state index contributed by atoms with van der Waals surface area (Å²) in [7, 11) is 1.77. The number of hydrogen-bond donors (Lipinski definition) is 1. The van der Waals surface area contributed by atoms with Crippen LogP contribution in [0.2, 0.25) is 0 Å². The second-order valence-electron chi connectivity index (χ2n) is 5.52. The van der Waals surface area contributed by atoms with E-state index in [1.807, 2.05) is 0 Å². The van der Waals surface area contributed by atoms with Gasteiger partial charge in [0.15, 0.2) is 0 Å². The minimum atomic E-state index is 0.667. The first-order valence-corrected chi connectivity index (χ1v) is 7.15. The zero-order valence-electron chi connectivity index (χ0n) is 11.5. The summed E-state index contributed by atoms with van der Waals surface area (Å²) in [5, 5.41) is 11.6. The molecule has 0 unspecified atom stereocenters. The highest BCUT2D eigenvalue weighted by atomic mass is 16.5. The van der Waals surface area contributed by atoms with Gasteiger partial charge in [0.05, 0.1) is 6.54 Å². The lowest BCUT2D eigenvalue weighted by Gasteiger charge is -2.30. The first-order valence-electron chi connectivity index (χ1n) is 7.15. The van der Waals surface area contributed by atoms with E-state index in [1.165, 1.54) is 12.8 Å². The molecule has 106 valence electrons. The molecule has 1 saturated heterocycles. The van der Waals surface area contributed by atoms with E-state index >= 15 is 0 Å². The van der Waals surface area contributed by atoms with Gasteiger partial charge in [-0.25, -0.2) is 0 Å². The molecule has 0 atom stereocenters. The molecule has 1 aliphatic heterocycles. The Labute approximate surface area is 113 Å². The lowest BCUT2D eigenvalue weighted by molar-refractivity contribution is 0.138. The Morgan fingerprint density at radius 1 is 1.26 bits per heavy atom. The van der Waals surface area contributed by atoms with Crippen molar-refractivity contribution in [3.63, 3.8) is 0 Å². The third-order valence-electron chi connectivity index (χ3n) is 3.86. The van der Waals surface area contributed by atoms with Gasteiger partial charge in [0.2, 0.25) is 5.89 Å². The molecule has 1 saturated carbocycles. The van der Waals surface area contributed by atoms with Gasteiger partial charge < -0.3 is 19.4 Å². The molecule has 1 N–H and O–H groups in total. The molecule has 0 radical (unpaired) electrons. The van der Waals surface area contributed by atoms with Crippen molar-refractivity contribution in [3.8, 4) is 0 Å². The number of anilines is 1. The summed E-state index contributed by atoms with van der Waals surface area (Å²) in [6, 6.07) is 1.34. The summed E-state index contributed by atoms with van der Waals surface area (Å²) < 4.78 is 10.9. The molecule has 0 bridgehead atoms. The van der Waals surface area contributed by atoms with Gasteiger partial charge in [-0.1, -0.05) is 5.10 Å². The van der Waals surface area contributed by atoms with Gasteiger partial charge >= 0.3 is 6.01 Å². The van der Waals surface area contributed by atoms with Crippen LogP contribution in [0.4, 0.5) is 6.01 Å². The topological polar surface area (TPSA) is 63.4 Å². The molecule has 2 fully saturated rings. The number of aromatic nitrogens is 2. The molecule has 1 aromatic rings. The van der Waals surface area contributed by atoms with Crippen LogP contribution in [0.3, 0.4) is 0 Å². The predicted octanol–water partition coefficient (Wildman–Crippen LogP) is 1.18. The molecule has 3 rings (SSSR count). The summed E-state index contributed by atoms with van der Waals surface area (Å²) in [4.78, 5) is 2.18. The van der Waals surface area contributed by atoms with E-state index in [0.717, 1.165) is 32.5 Å². The van der Waals surface area contributed by atoms with E-state index in [0.29, 0.717) is 30.4 Å². The molecule has 0 aromatic carbocycles. The van der Waals surface area contributed by atoms with E-state index in [4.69, 9.17) is 9.15 Å². The van der Waals surface area contributed by atoms with Crippen LogP contribution in [0.25, 0.3) is 0 Å². The van der Waals surface area contributed by atoms with E-state index < -0.39 is 0 Å². The normalized spacial score (nSPS) is 21.0. The van der Waals surface area contributed by atoms with Crippen LogP contribution in [-0.4, -0.2) is 43.0 Å². The van der Waals surface area contributed by atoms with Crippen LogP contribution in [-0.2, 0) is 11.3 Å². The Morgan fingerprint density at radius 3 is 2.74 bits per heavy atom. The van der Waals surface area contributed by atoms with Crippen LogP contribution in [0.1, 0.15) is 31.6 Å². The van der Waals surface area contributed by atoms with Crippen LogP contribution in [0.5, 0.6) is 0 Å². The van der Waals surface area contributed by atoms with Gasteiger partial charge in [-0.15, -0.1) is 5.10 Å². The number of rotatable bonds is 6. The summed E-state index contributed by atoms with van der Waals surface area (Å²) in [6.07, 6.45) is 4.81. The summed E-state index contributed by atoms with van der Waals surface area (Å²) in [6.45, 7) is 3.50. The molecule has 1 aliphatic carbocycles. The molecule has 0 amide bonds. The average Bonchev–Trinajstić information content (AvgIpc) is 3.15. The molecule has 1 aromatic heterocycles. The third kappa shape index (κ3) is 3.45. The smallest absolute Gasteiger partial charge is 0.318 e. The largest absolute Gasteiger partial charge is 0.407 e. The second-order valence-corrected chi connectivity index (χ2v) is 5.52. The quantitative estimate of drug-likeness (QED) is 0.834. The zero-order valence-corrected chi connectivity index (χ0v) is 11.5. The van der Waals surface area contributed by atoms with E-state index in [2.05, 4.69) is 20.4 Å². The predicted molar refractivity (Wildman–Crippen MR) is 71.0 cm³/mol. The van der Waals surface area contributed by atoms with Gasteiger partial charge in [-0.3, -0.25) is 0 Å². The highest BCUT2D eigenvalue weighted by Crippen LogP contribution is 2.23. The lowest BCUT2D eigenvalue weighted by Crippen LogP contribution is -2.35. The number of piperidine rings is 1.